The Morgan fingerprint density at radius 3 is 2.89 bits per heavy atom. The van der Waals surface area contributed by atoms with Gasteiger partial charge in [-0.15, -0.1) is 5.10 Å². The van der Waals surface area contributed by atoms with Crippen molar-refractivity contribution in [3.8, 4) is 11.4 Å². The Morgan fingerprint density at radius 2 is 2.11 bits per heavy atom. The molecule has 1 aromatic carbocycles. The van der Waals surface area contributed by atoms with E-state index < -0.39 is 0 Å². The lowest BCUT2D eigenvalue weighted by molar-refractivity contribution is 0.0372. The van der Waals surface area contributed by atoms with Crippen LogP contribution in [0.15, 0.2) is 24.3 Å². The maximum Gasteiger partial charge on any atom is 0.273 e. The second-order valence-electron chi connectivity index (χ2n) is 6.55. The van der Waals surface area contributed by atoms with Crippen molar-refractivity contribution >= 4 is 5.91 Å². The van der Waals surface area contributed by atoms with Gasteiger partial charge < -0.3 is 14.8 Å². The molecular weight excluding hydrogens is 346 g/mol. The molecule has 1 saturated heterocycles. The van der Waals surface area contributed by atoms with Crippen LogP contribution in [0.5, 0.6) is 5.75 Å². The number of rotatable bonds is 8. The third-order valence-electron chi connectivity index (χ3n) is 4.70. The highest BCUT2D eigenvalue weighted by molar-refractivity contribution is 5.93. The summed E-state index contributed by atoms with van der Waals surface area (Å²) in [6.45, 7) is 7.15. The average molecular weight is 373 g/mol. The Morgan fingerprint density at radius 1 is 1.30 bits per heavy atom. The van der Waals surface area contributed by atoms with Crippen LogP contribution in [0, 0.1) is 6.92 Å². The second kappa shape index (κ2) is 9.48. The van der Waals surface area contributed by atoms with Gasteiger partial charge in [-0.05, 0) is 38.4 Å². The van der Waals surface area contributed by atoms with Gasteiger partial charge in [-0.25, -0.2) is 4.68 Å². The molecule has 1 N–H and O–H groups in total. The van der Waals surface area contributed by atoms with E-state index in [1.165, 1.54) is 0 Å². The Hall–Kier alpha value is -2.45. The van der Waals surface area contributed by atoms with Crippen LogP contribution in [-0.2, 0) is 4.74 Å². The first-order chi connectivity index (χ1) is 13.2. The number of hydrogen-bond donors (Lipinski definition) is 1. The number of amides is 1. The molecule has 0 saturated carbocycles. The number of nitrogens with zero attached hydrogens (tertiary/aromatic N) is 4. The number of nitrogens with one attached hydrogen (secondary N) is 1. The van der Waals surface area contributed by atoms with Crippen LogP contribution in [0.1, 0.15) is 29.0 Å². The summed E-state index contributed by atoms with van der Waals surface area (Å²) in [5.74, 6) is 0.543. The molecule has 2 heterocycles. The van der Waals surface area contributed by atoms with E-state index in [0.29, 0.717) is 17.9 Å². The van der Waals surface area contributed by atoms with Gasteiger partial charge in [0.2, 0.25) is 0 Å². The van der Waals surface area contributed by atoms with Crippen LogP contribution in [0.3, 0.4) is 0 Å². The van der Waals surface area contributed by atoms with Crippen molar-refractivity contribution in [1.29, 1.82) is 0 Å². The quantitative estimate of drug-likeness (QED) is 0.705. The number of aromatic nitrogens is 3. The summed E-state index contributed by atoms with van der Waals surface area (Å²) in [5, 5.41) is 11.1. The van der Waals surface area contributed by atoms with E-state index in [2.05, 4.69) is 20.5 Å². The monoisotopic (exact) mass is 373 g/mol. The molecule has 0 bridgehead atoms. The zero-order chi connectivity index (χ0) is 19.1. The minimum absolute atomic E-state index is 0.187. The zero-order valence-electron chi connectivity index (χ0n) is 16.0. The van der Waals surface area contributed by atoms with Gasteiger partial charge in [-0.3, -0.25) is 9.69 Å². The Balaban J connectivity index is 1.49. The largest absolute Gasteiger partial charge is 0.497 e. The third kappa shape index (κ3) is 5.05. The van der Waals surface area contributed by atoms with Crippen molar-refractivity contribution in [1.82, 2.24) is 25.2 Å². The Bertz CT molecular complexity index is 756. The average Bonchev–Trinajstić information content (AvgIpc) is 3.10. The molecule has 146 valence electrons. The molecule has 27 heavy (non-hydrogen) atoms. The minimum atomic E-state index is -0.187. The predicted molar refractivity (Wildman–Crippen MR) is 101 cm³/mol. The minimum Gasteiger partial charge on any atom is -0.497 e. The lowest BCUT2D eigenvalue weighted by atomic mass is 10.2. The smallest absolute Gasteiger partial charge is 0.273 e. The standard InChI is InChI=1S/C19H27N5O3/c1-15-18(21-22-24(15)16-6-5-7-17(14-16)26-2)19(25)20-8-3-4-9-23-10-12-27-13-11-23/h5-7,14H,3-4,8-13H2,1-2H3,(H,20,25). The second-order valence-corrected chi connectivity index (χ2v) is 6.55. The first-order valence-corrected chi connectivity index (χ1v) is 9.34. The van der Waals surface area contributed by atoms with Crippen LogP contribution < -0.4 is 10.1 Å². The van der Waals surface area contributed by atoms with Gasteiger partial charge in [0.05, 0.1) is 31.7 Å². The SMILES string of the molecule is COc1cccc(-n2nnc(C(=O)NCCCCN3CCOCC3)c2C)c1. The molecule has 0 aliphatic carbocycles. The lowest BCUT2D eigenvalue weighted by Crippen LogP contribution is -2.37. The van der Waals surface area contributed by atoms with E-state index in [9.17, 15) is 4.79 Å². The summed E-state index contributed by atoms with van der Waals surface area (Å²) < 4.78 is 12.2. The van der Waals surface area contributed by atoms with Crippen molar-refractivity contribution in [2.45, 2.75) is 19.8 Å². The first-order valence-electron chi connectivity index (χ1n) is 9.34. The van der Waals surface area contributed by atoms with E-state index in [1.807, 2.05) is 31.2 Å². The number of hydrogen-bond acceptors (Lipinski definition) is 6. The van der Waals surface area contributed by atoms with Crippen molar-refractivity contribution in [2.24, 2.45) is 0 Å². The van der Waals surface area contributed by atoms with Gasteiger partial charge in [0.25, 0.3) is 5.91 Å². The van der Waals surface area contributed by atoms with Gasteiger partial charge >= 0.3 is 0 Å². The van der Waals surface area contributed by atoms with E-state index in [4.69, 9.17) is 9.47 Å². The molecule has 8 heteroatoms. The van der Waals surface area contributed by atoms with Crippen LogP contribution in [0.2, 0.25) is 0 Å². The molecule has 1 fully saturated rings. The van der Waals surface area contributed by atoms with E-state index >= 15 is 0 Å². The predicted octanol–water partition coefficient (Wildman–Crippen LogP) is 1.43. The molecule has 1 aliphatic rings. The highest BCUT2D eigenvalue weighted by atomic mass is 16.5. The van der Waals surface area contributed by atoms with Crippen LogP contribution in [0.4, 0.5) is 0 Å². The summed E-state index contributed by atoms with van der Waals surface area (Å²) in [5.41, 5.74) is 1.86. The fraction of sp³-hybridized carbons (Fsp3) is 0.526. The molecule has 1 aromatic heterocycles. The lowest BCUT2D eigenvalue weighted by Gasteiger charge is -2.26. The van der Waals surface area contributed by atoms with Crippen molar-refractivity contribution in [2.75, 3.05) is 46.5 Å². The molecule has 0 atom stereocenters. The highest BCUT2D eigenvalue weighted by Crippen LogP contribution is 2.18. The number of benzene rings is 1. The molecule has 0 radical (unpaired) electrons. The van der Waals surface area contributed by atoms with E-state index in [1.54, 1.807) is 11.8 Å². The maximum absolute atomic E-state index is 12.4. The van der Waals surface area contributed by atoms with Gasteiger partial charge in [0.15, 0.2) is 5.69 Å². The Labute approximate surface area is 159 Å². The molecule has 0 unspecified atom stereocenters. The van der Waals surface area contributed by atoms with Crippen LogP contribution >= 0.6 is 0 Å². The van der Waals surface area contributed by atoms with Crippen LogP contribution in [-0.4, -0.2) is 72.3 Å². The fourth-order valence-corrected chi connectivity index (χ4v) is 3.10. The molecule has 1 amide bonds. The normalized spacial score (nSPS) is 14.9. The molecular formula is C19H27N5O3. The summed E-state index contributed by atoms with van der Waals surface area (Å²) in [6.07, 6.45) is 1.99. The molecule has 8 nitrogen and oxygen atoms in total. The molecule has 1 aliphatic heterocycles. The number of ether oxygens (including phenoxy) is 2. The first kappa shape index (κ1) is 19.3. The summed E-state index contributed by atoms with van der Waals surface area (Å²) >= 11 is 0. The van der Waals surface area contributed by atoms with Crippen molar-refractivity contribution < 1.29 is 14.3 Å². The molecule has 0 spiro atoms. The summed E-state index contributed by atoms with van der Waals surface area (Å²) in [7, 11) is 1.62. The summed E-state index contributed by atoms with van der Waals surface area (Å²) in [4.78, 5) is 14.8. The number of morpholine rings is 1. The number of carbonyl (C=O) groups is 1. The van der Waals surface area contributed by atoms with E-state index in [-0.39, 0.29) is 5.91 Å². The van der Waals surface area contributed by atoms with Gasteiger partial charge in [-0.1, -0.05) is 11.3 Å². The number of unbranched alkanes of at least 4 members (excludes halogenated alkanes) is 1. The number of methoxy groups -OCH3 is 1. The topological polar surface area (TPSA) is 81.5 Å². The zero-order valence-corrected chi connectivity index (χ0v) is 16.0. The van der Waals surface area contributed by atoms with Gasteiger partial charge in [-0.2, -0.15) is 0 Å². The van der Waals surface area contributed by atoms with Crippen molar-refractivity contribution in [3.63, 3.8) is 0 Å². The summed E-state index contributed by atoms with van der Waals surface area (Å²) in [6, 6.07) is 7.50. The number of carbonyl (C=O) groups excluding carboxylic acids is 1. The maximum atomic E-state index is 12.4. The van der Waals surface area contributed by atoms with Crippen LogP contribution in [0.25, 0.3) is 5.69 Å². The Kier molecular flexibility index (Phi) is 6.78. The van der Waals surface area contributed by atoms with E-state index in [0.717, 1.165) is 57.1 Å². The fourth-order valence-electron chi connectivity index (χ4n) is 3.10. The van der Waals surface area contributed by atoms with Crippen molar-refractivity contribution in [3.05, 3.63) is 35.7 Å². The third-order valence-corrected chi connectivity index (χ3v) is 4.70. The molecule has 2 aromatic rings. The highest BCUT2D eigenvalue weighted by Gasteiger charge is 2.17. The van der Waals surface area contributed by atoms with Gasteiger partial charge in [0.1, 0.15) is 5.75 Å². The van der Waals surface area contributed by atoms with Gasteiger partial charge in [0, 0.05) is 25.7 Å². The molecule has 3 rings (SSSR count).